The Hall–Kier alpha value is -1.27. The van der Waals surface area contributed by atoms with Gasteiger partial charge in [-0.2, -0.15) is 0 Å². The number of ether oxygens (including phenoxy) is 1. The fourth-order valence-electron chi connectivity index (χ4n) is 2.40. The smallest absolute Gasteiger partial charge is 0.150 e. The Morgan fingerprint density at radius 2 is 2.10 bits per heavy atom. The van der Waals surface area contributed by atoms with E-state index in [0.29, 0.717) is 0 Å². The molecule has 0 aromatic heterocycles. The molecule has 0 unspecified atom stereocenters. The van der Waals surface area contributed by atoms with Crippen LogP contribution in [0.5, 0.6) is 5.75 Å². The molecule has 0 radical (unpaired) electrons. The van der Waals surface area contributed by atoms with Crippen LogP contribution in [0, 0.1) is 6.92 Å². The molecule has 0 spiro atoms. The summed E-state index contributed by atoms with van der Waals surface area (Å²) in [5.74, 6) is 0.807. The number of aryl methyl sites for hydroxylation is 1. The van der Waals surface area contributed by atoms with Crippen LogP contribution in [-0.4, -0.2) is 53.2 Å². The molecule has 1 fully saturated rings. The molecule has 5 nitrogen and oxygen atoms in total. The highest BCUT2D eigenvalue weighted by Crippen LogP contribution is 2.25. The van der Waals surface area contributed by atoms with Gasteiger partial charge in [-0.3, -0.25) is 0 Å². The fourth-order valence-corrected chi connectivity index (χ4v) is 2.79. The zero-order valence-electron chi connectivity index (χ0n) is 12.8. The molecule has 0 aliphatic carbocycles. The number of benzene rings is 1. The Morgan fingerprint density at radius 1 is 1.29 bits per heavy atom. The summed E-state index contributed by atoms with van der Waals surface area (Å²) in [6, 6.07) is 6.10. The van der Waals surface area contributed by atoms with Gasteiger partial charge in [0.1, 0.15) is 12.4 Å². The van der Waals surface area contributed by atoms with Gasteiger partial charge in [-0.05, 0) is 43.7 Å². The van der Waals surface area contributed by atoms with E-state index in [1.165, 1.54) is 11.9 Å². The maximum atomic E-state index is 11.1. The van der Waals surface area contributed by atoms with Gasteiger partial charge in [-0.25, -0.2) is 8.42 Å². The summed E-state index contributed by atoms with van der Waals surface area (Å²) in [4.78, 5) is 2.37. The van der Waals surface area contributed by atoms with Gasteiger partial charge in [0.2, 0.25) is 0 Å². The van der Waals surface area contributed by atoms with Crippen molar-refractivity contribution in [3.05, 3.63) is 23.8 Å². The molecule has 1 aliphatic heterocycles. The first-order valence-corrected chi connectivity index (χ1v) is 9.38. The van der Waals surface area contributed by atoms with Crippen LogP contribution in [-0.2, 0) is 9.84 Å². The average Bonchev–Trinajstić information content (AvgIpc) is 2.68. The lowest BCUT2D eigenvalue weighted by atomic mass is 10.2. The van der Waals surface area contributed by atoms with E-state index in [0.717, 1.165) is 43.9 Å². The summed E-state index contributed by atoms with van der Waals surface area (Å²) in [5.41, 5.74) is 2.24. The minimum atomic E-state index is -2.98. The number of rotatable bonds is 5. The summed E-state index contributed by atoms with van der Waals surface area (Å²) in [7, 11) is -2.98. The summed E-state index contributed by atoms with van der Waals surface area (Å²) < 4.78 is 27.8. The van der Waals surface area contributed by atoms with E-state index in [1.54, 1.807) is 0 Å². The highest BCUT2D eigenvalue weighted by molar-refractivity contribution is 7.90. The molecule has 1 saturated heterocycles. The SMILES string of the molecule is Cc1cc(N2CCCNCC2)ccc1OCCS(C)(=O)=O. The van der Waals surface area contributed by atoms with Crippen LogP contribution < -0.4 is 15.0 Å². The van der Waals surface area contributed by atoms with Gasteiger partial charge in [0.15, 0.2) is 9.84 Å². The number of hydrogen-bond acceptors (Lipinski definition) is 5. The molecule has 1 N–H and O–H groups in total. The Balaban J connectivity index is 1.99. The van der Waals surface area contributed by atoms with Gasteiger partial charge in [-0.15, -0.1) is 0 Å². The summed E-state index contributed by atoms with van der Waals surface area (Å²) in [6.45, 7) is 6.34. The standard InChI is InChI=1S/C15H24N2O3S/c1-13-12-14(17-8-3-6-16-7-9-17)4-5-15(13)20-10-11-21(2,18)19/h4-5,12,16H,3,6-11H2,1-2H3. The van der Waals surface area contributed by atoms with E-state index in [2.05, 4.69) is 16.3 Å². The summed E-state index contributed by atoms with van der Waals surface area (Å²) in [5, 5.41) is 3.39. The molecule has 2 rings (SSSR count). The molecule has 21 heavy (non-hydrogen) atoms. The van der Waals surface area contributed by atoms with Crippen LogP contribution in [0.1, 0.15) is 12.0 Å². The maximum Gasteiger partial charge on any atom is 0.150 e. The van der Waals surface area contributed by atoms with E-state index >= 15 is 0 Å². The zero-order valence-corrected chi connectivity index (χ0v) is 13.6. The zero-order chi connectivity index (χ0) is 15.3. The van der Waals surface area contributed by atoms with E-state index in [9.17, 15) is 8.42 Å². The van der Waals surface area contributed by atoms with Crippen molar-refractivity contribution < 1.29 is 13.2 Å². The monoisotopic (exact) mass is 312 g/mol. The molecule has 118 valence electrons. The lowest BCUT2D eigenvalue weighted by Gasteiger charge is -2.23. The fraction of sp³-hybridized carbons (Fsp3) is 0.600. The predicted molar refractivity (Wildman–Crippen MR) is 86.1 cm³/mol. The third-order valence-electron chi connectivity index (χ3n) is 3.58. The minimum Gasteiger partial charge on any atom is -0.492 e. The molecule has 1 aromatic rings. The molecule has 1 aromatic carbocycles. The molecule has 1 heterocycles. The van der Waals surface area contributed by atoms with Crippen molar-refractivity contribution in [2.75, 3.05) is 49.7 Å². The Kier molecular flexibility index (Phi) is 5.47. The van der Waals surface area contributed by atoms with Crippen LogP contribution in [0.4, 0.5) is 5.69 Å². The van der Waals surface area contributed by atoms with Crippen molar-refractivity contribution in [1.29, 1.82) is 0 Å². The molecule has 0 bridgehead atoms. The Morgan fingerprint density at radius 3 is 2.81 bits per heavy atom. The third kappa shape index (κ3) is 5.21. The molecule has 0 atom stereocenters. The van der Waals surface area contributed by atoms with Crippen LogP contribution in [0.25, 0.3) is 0 Å². The summed E-state index contributed by atoms with van der Waals surface area (Å²) in [6.07, 6.45) is 2.37. The number of anilines is 1. The second kappa shape index (κ2) is 7.13. The van der Waals surface area contributed by atoms with E-state index in [1.807, 2.05) is 19.1 Å². The highest BCUT2D eigenvalue weighted by Gasteiger charge is 2.11. The molecule has 0 saturated carbocycles. The van der Waals surface area contributed by atoms with E-state index in [-0.39, 0.29) is 12.4 Å². The second-order valence-electron chi connectivity index (χ2n) is 5.52. The Labute approximate surface area is 127 Å². The number of sulfone groups is 1. The topological polar surface area (TPSA) is 58.6 Å². The minimum absolute atomic E-state index is 0.0476. The van der Waals surface area contributed by atoms with Gasteiger partial charge >= 0.3 is 0 Å². The molecule has 6 heteroatoms. The predicted octanol–water partition coefficient (Wildman–Crippen LogP) is 1.22. The van der Waals surface area contributed by atoms with Gasteiger partial charge in [0.05, 0.1) is 5.75 Å². The normalized spacial score (nSPS) is 16.6. The first-order valence-electron chi connectivity index (χ1n) is 7.32. The number of nitrogens with zero attached hydrogens (tertiary/aromatic N) is 1. The summed E-state index contributed by atoms with van der Waals surface area (Å²) >= 11 is 0. The lowest BCUT2D eigenvalue weighted by molar-refractivity contribution is 0.339. The molecule has 1 aliphatic rings. The average molecular weight is 312 g/mol. The molecular weight excluding hydrogens is 288 g/mol. The van der Waals surface area contributed by atoms with Gasteiger partial charge in [0, 0.05) is 31.6 Å². The van der Waals surface area contributed by atoms with Gasteiger partial charge in [-0.1, -0.05) is 0 Å². The van der Waals surface area contributed by atoms with Crippen LogP contribution >= 0.6 is 0 Å². The quantitative estimate of drug-likeness (QED) is 0.886. The Bertz CT molecular complexity index is 564. The third-order valence-corrected chi connectivity index (χ3v) is 4.48. The van der Waals surface area contributed by atoms with Crippen LogP contribution in [0.3, 0.4) is 0 Å². The van der Waals surface area contributed by atoms with Crippen LogP contribution in [0.2, 0.25) is 0 Å². The van der Waals surface area contributed by atoms with Crippen LogP contribution in [0.15, 0.2) is 18.2 Å². The first-order chi connectivity index (χ1) is 9.96. The largest absolute Gasteiger partial charge is 0.492 e. The van der Waals surface area contributed by atoms with Crippen molar-refractivity contribution in [1.82, 2.24) is 5.32 Å². The van der Waals surface area contributed by atoms with E-state index in [4.69, 9.17) is 4.74 Å². The first kappa shape index (κ1) is 16.1. The van der Waals surface area contributed by atoms with Gasteiger partial charge in [0.25, 0.3) is 0 Å². The number of hydrogen-bond donors (Lipinski definition) is 1. The van der Waals surface area contributed by atoms with E-state index < -0.39 is 9.84 Å². The molecule has 0 amide bonds. The highest BCUT2D eigenvalue weighted by atomic mass is 32.2. The maximum absolute atomic E-state index is 11.1. The molecular formula is C15H24N2O3S. The van der Waals surface area contributed by atoms with Crippen molar-refractivity contribution >= 4 is 15.5 Å². The van der Waals surface area contributed by atoms with Crippen molar-refractivity contribution in [3.8, 4) is 5.75 Å². The van der Waals surface area contributed by atoms with Gasteiger partial charge < -0.3 is 15.0 Å². The van der Waals surface area contributed by atoms with Crippen molar-refractivity contribution in [3.63, 3.8) is 0 Å². The second-order valence-corrected chi connectivity index (χ2v) is 7.78. The lowest BCUT2D eigenvalue weighted by Crippen LogP contribution is -2.27. The van der Waals surface area contributed by atoms with Crippen molar-refractivity contribution in [2.24, 2.45) is 0 Å². The number of nitrogens with one attached hydrogen (secondary N) is 1. The van der Waals surface area contributed by atoms with Crippen molar-refractivity contribution in [2.45, 2.75) is 13.3 Å².